The van der Waals surface area contributed by atoms with Gasteiger partial charge in [-0.05, 0) is 12.5 Å². The van der Waals surface area contributed by atoms with Crippen molar-refractivity contribution in [3.8, 4) is 0 Å². The van der Waals surface area contributed by atoms with E-state index in [4.69, 9.17) is 8.83 Å². The van der Waals surface area contributed by atoms with Crippen molar-refractivity contribution >= 4 is 33.9 Å². The zero-order chi connectivity index (χ0) is 14.6. The summed E-state index contributed by atoms with van der Waals surface area (Å²) >= 11 is 0. The SMILES string of the molecule is Cc1nc2cc3occ([C@H]4CCC(=O)NC4=O)c3cc2o1. The van der Waals surface area contributed by atoms with Crippen LogP contribution in [0.3, 0.4) is 0 Å². The molecule has 1 saturated heterocycles. The Morgan fingerprint density at radius 2 is 2.14 bits per heavy atom. The average molecular weight is 284 g/mol. The first-order valence-corrected chi connectivity index (χ1v) is 6.74. The van der Waals surface area contributed by atoms with E-state index >= 15 is 0 Å². The second-order valence-corrected chi connectivity index (χ2v) is 5.24. The Balaban J connectivity index is 1.87. The summed E-state index contributed by atoms with van der Waals surface area (Å²) in [6.07, 6.45) is 2.41. The number of nitrogens with zero attached hydrogens (tertiary/aromatic N) is 1. The second-order valence-electron chi connectivity index (χ2n) is 5.24. The number of carbonyl (C=O) groups excluding carboxylic acids is 2. The summed E-state index contributed by atoms with van der Waals surface area (Å²) in [4.78, 5) is 27.5. The number of amides is 2. The van der Waals surface area contributed by atoms with Crippen molar-refractivity contribution in [3.05, 3.63) is 29.9 Å². The molecule has 1 aromatic carbocycles. The maximum atomic E-state index is 12.0. The zero-order valence-electron chi connectivity index (χ0n) is 11.3. The fourth-order valence-corrected chi connectivity index (χ4v) is 2.84. The van der Waals surface area contributed by atoms with Crippen LogP contribution in [0.5, 0.6) is 0 Å². The highest BCUT2D eigenvalue weighted by Gasteiger charge is 2.30. The molecular weight excluding hydrogens is 272 g/mol. The molecule has 6 nitrogen and oxygen atoms in total. The van der Waals surface area contributed by atoms with Gasteiger partial charge < -0.3 is 8.83 Å². The van der Waals surface area contributed by atoms with Crippen molar-refractivity contribution in [2.24, 2.45) is 0 Å². The molecule has 3 aromatic rings. The van der Waals surface area contributed by atoms with Crippen LogP contribution in [0.4, 0.5) is 0 Å². The quantitative estimate of drug-likeness (QED) is 0.693. The van der Waals surface area contributed by atoms with Crippen molar-refractivity contribution in [1.82, 2.24) is 10.3 Å². The minimum absolute atomic E-state index is 0.225. The summed E-state index contributed by atoms with van der Waals surface area (Å²) in [7, 11) is 0. The predicted molar refractivity (Wildman–Crippen MR) is 73.6 cm³/mol. The van der Waals surface area contributed by atoms with Gasteiger partial charge in [-0.1, -0.05) is 0 Å². The van der Waals surface area contributed by atoms with Gasteiger partial charge in [0, 0.05) is 30.4 Å². The van der Waals surface area contributed by atoms with Gasteiger partial charge in [0.25, 0.3) is 0 Å². The van der Waals surface area contributed by atoms with Gasteiger partial charge in [0.05, 0.1) is 12.2 Å². The molecule has 0 unspecified atom stereocenters. The highest BCUT2D eigenvalue weighted by atomic mass is 16.3. The Hall–Kier alpha value is -2.63. The van der Waals surface area contributed by atoms with Gasteiger partial charge in [-0.25, -0.2) is 4.98 Å². The molecule has 2 aromatic heterocycles. The second kappa shape index (κ2) is 4.18. The van der Waals surface area contributed by atoms with Gasteiger partial charge in [-0.15, -0.1) is 0 Å². The molecule has 4 rings (SSSR count). The molecule has 0 radical (unpaired) electrons. The molecule has 0 aliphatic carbocycles. The van der Waals surface area contributed by atoms with Gasteiger partial charge in [-0.2, -0.15) is 0 Å². The molecule has 1 aliphatic rings. The van der Waals surface area contributed by atoms with Gasteiger partial charge in [0.2, 0.25) is 11.8 Å². The van der Waals surface area contributed by atoms with E-state index in [0.717, 1.165) is 16.5 Å². The van der Waals surface area contributed by atoms with E-state index in [1.807, 2.05) is 6.07 Å². The first-order chi connectivity index (χ1) is 10.1. The first-order valence-electron chi connectivity index (χ1n) is 6.74. The maximum Gasteiger partial charge on any atom is 0.234 e. The Kier molecular flexibility index (Phi) is 2.42. The van der Waals surface area contributed by atoms with E-state index in [1.165, 1.54) is 0 Å². The Labute approximate surface area is 119 Å². The summed E-state index contributed by atoms with van der Waals surface area (Å²) in [5, 5.41) is 3.20. The Morgan fingerprint density at radius 1 is 1.29 bits per heavy atom. The number of rotatable bonds is 1. The fraction of sp³-hybridized carbons (Fsp3) is 0.267. The number of hydrogen-bond acceptors (Lipinski definition) is 5. The molecule has 0 bridgehead atoms. The van der Waals surface area contributed by atoms with E-state index in [0.29, 0.717) is 29.9 Å². The van der Waals surface area contributed by atoms with Crippen LogP contribution in [0, 0.1) is 6.92 Å². The van der Waals surface area contributed by atoms with Crippen molar-refractivity contribution < 1.29 is 18.4 Å². The number of benzene rings is 1. The van der Waals surface area contributed by atoms with E-state index in [1.54, 1.807) is 19.3 Å². The average Bonchev–Trinajstić information content (AvgIpc) is 2.98. The van der Waals surface area contributed by atoms with E-state index < -0.39 is 0 Å². The number of aromatic nitrogens is 1. The van der Waals surface area contributed by atoms with E-state index in [-0.39, 0.29) is 17.7 Å². The summed E-state index contributed by atoms with van der Waals surface area (Å²) in [5.74, 6) is -0.286. The maximum absolute atomic E-state index is 12.0. The number of hydrogen-bond donors (Lipinski definition) is 1. The molecule has 1 aliphatic heterocycles. The molecular formula is C15H12N2O4. The van der Waals surface area contributed by atoms with Crippen LogP contribution in [-0.2, 0) is 9.59 Å². The minimum atomic E-state index is -0.370. The van der Waals surface area contributed by atoms with Gasteiger partial charge in [0.15, 0.2) is 11.5 Å². The largest absolute Gasteiger partial charge is 0.464 e. The molecule has 6 heteroatoms. The van der Waals surface area contributed by atoms with E-state index in [9.17, 15) is 9.59 Å². The molecule has 3 heterocycles. The van der Waals surface area contributed by atoms with Crippen molar-refractivity contribution in [2.45, 2.75) is 25.7 Å². The van der Waals surface area contributed by atoms with Crippen LogP contribution >= 0.6 is 0 Å². The number of piperidine rings is 1. The summed E-state index contributed by atoms with van der Waals surface area (Å²) in [6.45, 7) is 1.78. The number of oxazole rings is 1. The van der Waals surface area contributed by atoms with Crippen molar-refractivity contribution in [3.63, 3.8) is 0 Å². The number of furan rings is 1. The molecule has 0 spiro atoms. The predicted octanol–water partition coefficient (Wildman–Crippen LogP) is 2.40. The molecule has 106 valence electrons. The van der Waals surface area contributed by atoms with Crippen LogP contribution < -0.4 is 5.32 Å². The molecule has 1 fully saturated rings. The van der Waals surface area contributed by atoms with E-state index in [2.05, 4.69) is 10.3 Å². The molecule has 21 heavy (non-hydrogen) atoms. The van der Waals surface area contributed by atoms with Crippen LogP contribution in [0.2, 0.25) is 0 Å². The van der Waals surface area contributed by atoms with Gasteiger partial charge in [0.1, 0.15) is 11.1 Å². The number of aryl methyl sites for hydroxylation is 1. The number of imide groups is 1. The Morgan fingerprint density at radius 3 is 2.95 bits per heavy atom. The highest BCUT2D eigenvalue weighted by molar-refractivity contribution is 6.03. The summed E-state index contributed by atoms with van der Waals surface area (Å²) in [5.41, 5.74) is 2.83. The zero-order valence-corrected chi connectivity index (χ0v) is 11.3. The lowest BCUT2D eigenvalue weighted by atomic mass is 9.90. The molecule has 1 N–H and O–H groups in total. The van der Waals surface area contributed by atoms with Crippen LogP contribution in [0.15, 0.2) is 27.2 Å². The Bertz CT molecular complexity index is 890. The van der Waals surface area contributed by atoms with Crippen LogP contribution in [0.25, 0.3) is 22.1 Å². The van der Waals surface area contributed by atoms with Gasteiger partial charge in [-0.3, -0.25) is 14.9 Å². The molecule has 1 atom stereocenters. The van der Waals surface area contributed by atoms with Crippen molar-refractivity contribution in [1.29, 1.82) is 0 Å². The summed E-state index contributed by atoms with van der Waals surface area (Å²) < 4.78 is 11.1. The topological polar surface area (TPSA) is 85.3 Å². The minimum Gasteiger partial charge on any atom is -0.464 e. The highest BCUT2D eigenvalue weighted by Crippen LogP contribution is 2.34. The smallest absolute Gasteiger partial charge is 0.234 e. The van der Waals surface area contributed by atoms with Gasteiger partial charge >= 0.3 is 0 Å². The monoisotopic (exact) mass is 284 g/mol. The van der Waals surface area contributed by atoms with Crippen molar-refractivity contribution in [2.75, 3.05) is 0 Å². The van der Waals surface area contributed by atoms with Crippen LogP contribution in [0.1, 0.15) is 30.2 Å². The fourth-order valence-electron chi connectivity index (χ4n) is 2.84. The third-order valence-corrected chi connectivity index (χ3v) is 3.84. The normalized spacial score (nSPS) is 19.4. The number of nitrogens with one attached hydrogen (secondary N) is 1. The van der Waals surface area contributed by atoms with Crippen LogP contribution in [-0.4, -0.2) is 16.8 Å². The standard InChI is InChI=1S/C15H12N2O4/c1-7-16-11-5-12-9(4-13(11)21-7)10(6-20-12)8-2-3-14(18)17-15(8)19/h4-6,8H,2-3H2,1H3,(H,17,18,19)/t8-/m1/s1. The lowest BCUT2D eigenvalue weighted by Gasteiger charge is -2.19. The third kappa shape index (κ3) is 1.83. The molecule has 0 saturated carbocycles. The number of fused-ring (bicyclic) bond motifs is 2. The lowest BCUT2D eigenvalue weighted by Crippen LogP contribution is -2.39. The first kappa shape index (κ1) is 12.1. The lowest BCUT2D eigenvalue weighted by molar-refractivity contribution is -0.134. The summed E-state index contributed by atoms with van der Waals surface area (Å²) in [6, 6.07) is 3.64. The number of carbonyl (C=O) groups is 2. The third-order valence-electron chi connectivity index (χ3n) is 3.84. The molecule has 2 amide bonds.